The van der Waals surface area contributed by atoms with Gasteiger partial charge in [0.2, 0.25) is 0 Å². The van der Waals surface area contributed by atoms with E-state index < -0.39 is 0 Å². The molecule has 0 saturated heterocycles. The number of fused-ring (bicyclic) bond motifs is 1. The maximum atomic E-state index is 4.72. The van der Waals surface area contributed by atoms with Crippen LogP contribution in [0.25, 0.3) is 33.5 Å². The number of hydrogen-bond acceptors (Lipinski definition) is 1. The van der Waals surface area contributed by atoms with Crippen molar-refractivity contribution in [1.29, 1.82) is 0 Å². The van der Waals surface area contributed by atoms with E-state index in [0.717, 1.165) is 26.9 Å². The van der Waals surface area contributed by atoms with Gasteiger partial charge in [0, 0.05) is 10.0 Å². The summed E-state index contributed by atoms with van der Waals surface area (Å²) in [5, 5.41) is 0. The zero-order valence-corrected chi connectivity index (χ0v) is 13.3. The molecule has 0 aliphatic rings. The number of benzene rings is 3. The molecule has 4 aromatic rings. The van der Waals surface area contributed by atoms with Gasteiger partial charge in [-0.2, -0.15) is 0 Å². The minimum atomic E-state index is 0.903. The number of halogens is 1. The number of nitrogens with zero attached hydrogens (tertiary/aromatic N) is 1. The molecule has 3 heteroatoms. The lowest BCUT2D eigenvalue weighted by Crippen LogP contribution is -1.86. The normalized spacial score (nSPS) is 11.0. The number of para-hydroxylation sites is 2. The molecule has 0 radical (unpaired) electrons. The second kappa shape index (κ2) is 5.43. The smallest absolute Gasteiger partial charge is 0.139 e. The maximum absolute atomic E-state index is 4.72. The van der Waals surface area contributed by atoms with Crippen molar-refractivity contribution in [1.82, 2.24) is 9.97 Å². The second-order valence-electron chi connectivity index (χ2n) is 5.16. The Morgan fingerprint density at radius 1 is 0.727 bits per heavy atom. The summed E-state index contributed by atoms with van der Waals surface area (Å²) in [6, 6.07) is 24.8. The number of aromatic amines is 1. The molecule has 0 saturated carbocycles. The monoisotopic (exact) mass is 348 g/mol. The zero-order chi connectivity index (χ0) is 14.9. The van der Waals surface area contributed by atoms with E-state index in [1.54, 1.807) is 0 Å². The van der Waals surface area contributed by atoms with Crippen LogP contribution in [0.4, 0.5) is 0 Å². The lowest BCUT2D eigenvalue weighted by Gasteiger charge is -2.07. The predicted octanol–water partition coefficient (Wildman–Crippen LogP) is 5.66. The van der Waals surface area contributed by atoms with Crippen LogP contribution in [0.5, 0.6) is 0 Å². The van der Waals surface area contributed by atoms with Crippen molar-refractivity contribution in [2.75, 3.05) is 0 Å². The molecule has 1 N–H and O–H groups in total. The molecule has 0 spiro atoms. The molecular weight excluding hydrogens is 336 g/mol. The van der Waals surface area contributed by atoms with E-state index >= 15 is 0 Å². The van der Waals surface area contributed by atoms with Crippen molar-refractivity contribution in [3.63, 3.8) is 0 Å². The van der Waals surface area contributed by atoms with Crippen molar-refractivity contribution in [3.8, 4) is 22.5 Å². The third kappa shape index (κ3) is 2.34. The number of H-pyrrole nitrogens is 1. The Bertz CT molecular complexity index is 906. The average molecular weight is 349 g/mol. The Morgan fingerprint density at radius 2 is 1.41 bits per heavy atom. The van der Waals surface area contributed by atoms with Gasteiger partial charge in [0.15, 0.2) is 0 Å². The van der Waals surface area contributed by atoms with Crippen LogP contribution < -0.4 is 0 Å². The van der Waals surface area contributed by atoms with Crippen molar-refractivity contribution in [2.24, 2.45) is 0 Å². The molecule has 106 valence electrons. The van der Waals surface area contributed by atoms with Gasteiger partial charge in [-0.3, -0.25) is 0 Å². The number of aromatic nitrogens is 2. The molecule has 0 aliphatic carbocycles. The van der Waals surface area contributed by atoms with Crippen molar-refractivity contribution < 1.29 is 0 Å². The van der Waals surface area contributed by atoms with Crippen LogP contribution in [0, 0.1) is 0 Å². The quantitative estimate of drug-likeness (QED) is 0.497. The molecule has 4 rings (SSSR count). The molecule has 0 amide bonds. The van der Waals surface area contributed by atoms with Crippen LogP contribution in [0.15, 0.2) is 77.3 Å². The lowest BCUT2D eigenvalue weighted by atomic mass is 9.99. The summed E-state index contributed by atoms with van der Waals surface area (Å²) in [6.45, 7) is 0. The first-order valence-corrected chi connectivity index (χ1v) is 7.91. The third-order valence-corrected chi connectivity index (χ3v) is 4.26. The van der Waals surface area contributed by atoms with Gasteiger partial charge in [-0.25, -0.2) is 4.98 Å². The van der Waals surface area contributed by atoms with Crippen molar-refractivity contribution >= 4 is 27.0 Å². The zero-order valence-electron chi connectivity index (χ0n) is 11.8. The largest absolute Gasteiger partial charge is 0.338 e. The fourth-order valence-electron chi connectivity index (χ4n) is 2.65. The Hall–Kier alpha value is -2.39. The van der Waals surface area contributed by atoms with E-state index in [-0.39, 0.29) is 0 Å². The van der Waals surface area contributed by atoms with E-state index in [1.807, 2.05) is 30.3 Å². The van der Waals surface area contributed by atoms with Gasteiger partial charge < -0.3 is 4.98 Å². The summed E-state index contributed by atoms with van der Waals surface area (Å²) in [5.74, 6) is 0.903. The van der Waals surface area contributed by atoms with Crippen molar-refractivity contribution in [2.45, 2.75) is 0 Å². The highest BCUT2D eigenvalue weighted by molar-refractivity contribution is 9.10. The SMILES string of the molecule is Brc1ccc(-c2ccccc2-c2nc3ccccc3[nH]2)cc1. The highest BCUT2D eigenvalue weighted by Gasteiger charge is 2.10. The molecule has 1 heterocycles. The van der Waals surface area contributed by atoms with Gasteiger partial charge in [0.1, 0.15) is 5.82 Å². The average Bonchev–Trinajstić information content (AvgIpc) is 2.99. The van der Waals surface area contributed by atoms with Crippen molar-refractivity contribution in [3.05, 3.63) is 77.3 Å². The standard InChI is InChI=1S/C19H13BrN2/c20-14-11-9-13(10-12-14)15-5-1-2-6-16(15)19-21-17-7-3-4-8-18(17)22-19/h1-12H,(H,21,22). The van der Waals surface area contributed by atoms with Gasteiger partial charge >= 0.3 is 0 Å². The number of hydrogen-bond donors (Lipinski definition) is 1. The lowest BCUT2D eigenvalue weighted by molar-refractivity contribution is 1.34. The van der Waals surface area contributed by atoms with Crippen LogP contribution in [0.2, 0.25) is 0 Å². The number of nitrogens with one attached hydrogen (secondary N) is 1. The van der Waals surface area contributed by atoms with E-state index in [9.17, 15) is 0 Å². The first-order chi connectivity index (χ1) is 10.8. The third-order valence-electron chi connectivity index (χ3n) is 3.73. The highest BCUT2D eigenvalue weighted by atomic mass is 79.9. The van der Waals surface area contributed by atoms with Gasteiger partial charge in [-0.05, 0) is 35.4 Å². The Morgan fingerprint density at radius 3 is 2.18 bits per heavy atom. The summed E-state index contributed by atoms with van der Waals surface area (Å²) in [6.07, 6.45) is 0. The minimum absolute atomic E-state index is 0.903. The summed E-state index contributed by atoms with van der Waals surface area (Å²) in [4.78, 5) is 8.13. The molecule has 2 nitrogen and oxygen atoms in total. The number of rotatable bonds is 2. The maximum Gasteiger partial charge on any atom is 0.139 e. The second-order valence-corrected chi connectivity index (χ2v) is 6.07. The fourth-order valence-corrected chi connectivity index (χ4v) is 2.92. The summed E-state index contributed by atoms with van der Waals surface area (Å²) < 4.78 is 1.08. The summed E-state index contributed by atoms with van der Waals surface area (Å²) >= 11 is 3.49. The van der Waals surface area contributed by atoms with E-state index in [0.29, 0.717) is 0 Å². The van der Waals surface area contributed by atoms with Gasteiger partial charge in [0.05, 0.1) is 11.0 Å². The van der Waals surface area contributed by atoms with E-state index in [1.165, 1.54) is 11.1 Å². The molecule has 1 aromatic heterocycles. The van der Waals surface area contributed by atoms with E-state index in [4.69, 9.17) is 4.98 Å². The Kier molecular flexibility index (Phi) is 3.28. The molecule has 3 aromatic carbocycles. The number of imidazole rings is 1. The molecular formula is C19H13BrN2. The van der Waals surface area contributed by atoms with Gasteiger partial charge in [-0.15, -0.1) is 0 Å². The summed E-state index contributed by atoms with van der Waals surface area (Å²) in [7, 11) is 0. The van der Waals surface area contributed by atoms with Crippen LogP contribution in [-0.2, 0) is 0 Å². The van der Waals surface area contributed by atoms with Gasteiger partial charge in [0.25, 0.3) is 0 Å². The summed E-state index contributed by atoms with van der Waals surface area (Å²) in [5.41, 5.74) is 5.51. The van der Waals surface area contributed by atoms with Crippen LogP contribution in [0.3, 0.4) is 0 Å². The van der Waals surface area contributed by atoms with Crippen LogP contribution in [0.1, 0.15) is 0 Å². The fraction of sp³-hybridized carbons (Fsp3) is 0. The molecule has 0 bridgehead atoms. The molecule has 0 atom stereocenters. The Balaban J connectivity index is 1.90. The molecule has 0 fully saturated rings. The molecule has 0 unspecified atom stereocenters. The predicted molar refractivity (Wildman–Crippen MR) is 94.7 cm³/mol. The first kappa shape index (κ1) is 13.3. The van der Waals surface area contributed by atoms with E-state index in [2.05, 4.69) is 63.4 Å². The molecule has 0 aliphatic heterocycles. The first-order valence-electron chi connectivity index (χ1n) is 7.11. The van der Waals surface area contributed by atoms with Crippen LogP contribution in [-0.4, -0.2) is 9.97 Å². The highest BCUT2D eigenvalue weighted by Crippen LogP contribution is 2.32. The Labute approximate surface area is 137 Å². The molecule has 22 heavy (non-hydrogen) atoms. The topological polar surface area (TPSA) is 28.7 Å². The van der Waals surface area contributed by atoms with Crippen LogP contribution >= 0.6 is 15.9 Å². The van der Waals surface area contributed by atoms with Gasteiger partial charge in [-0.1, -0.05) is 64.5 Å². The minimum Gasteiger partial charge on any atom is -0.338 e.